The Bertz CT molecular complexity index is 539. The van der Waals surface area contributed by atoms with Crippen LogP contribution in [0, 0.1) is 0 Å². The van der Waals surface area contributed by atoms with Crippen molar-refractivity contribution in [3.63, 3.8) is 0 Å². The quantitative estimate of drug-likeness (QED) is 0.378. The van der Waals surface area contributed by atoms with Crippen LogP contribution in [0.25, 0.3) is 0 Å². The van der Waals surface area contributed by atoms with Crippen LogP contribution >= 0.6 is 0 Å². The Morgan fingerprint density at radius 1 is 1.00 bits per heavy atom. The molecule has 1 N–H and O–H groups in total. The van der Waals surface area contributed by atoms with Crippen LogP contribution in [0.15, 0.2) is 24.0 Å². The topological polar surface area (TPSA) is 104 Å². The number of nitrogens with zero attached hydrogens (tertiary/aromatic N) is 2. The Morgan fingerprint density at radius 3 is 2.00 bits per heavy atom. The Kier molecular flexibility index (Phi) is 9.77. The van der Waals surface area contributed by atoms with Gasteiger partial charge in [-0.25, -0.2) is 4.79 Å². The average Bonchev–Trinajstić information content (AvgIpc) is 2.49. The Hall–Kier alpha value is -2.64. The molecule has 0 aromatic heterocycles. The first-order valence-corrected chi connectivity index (χ1v) is 7.56. The molecule has 24 heavy (non-hydrogen) atoms. The predicted molar refractivity (Wildman–Crippen MR) is 86.8 cm³/mol. The molecule has 0 aliphatic rings. The lowest BCUT2D eigenvalue weighted by molar-refractivity contribution is -0.145. The van der Waals surface area contributed by atoms with Gasteiger partial charge in [0.05, 0.1) is 0 Å². The minimum absolute atomic E-state index is 0.0309. The molecule has 0 aromatic rings. The number of rotatable bonds is 9. The van der Waals surface area contributed by atoms with E-state index >= 15 is 0 Å². The summed E-state index contributed by atoms with van der Waals surface area (Å²) < 4.78 is 4.99. The highest BCUT2D eigenvalue weighted by Crippen LogP contribution is 2.02. The molecule has 2 amide bonds. The van der Waals surface area contributed by atoms with Gasteiger partial charge in [0.25, 0.3) is 0 Å². The smallest absolute Gasteiger partial charge is 0.330 e. The molecule has 134 valence electrons. The van der Waals surface area contributed by atoms with E-state index in [-0.39, 0.29) is 24.8 Å². The number of allylic oxidation sites excluding steroid dienone is 2. The number of carbonyl (C=O) groups excluding carboxylic acids is 3. The van der Waals surface area contributed by atoms with E-state index in [1.54, 1.807) is 26.8 Å². The van der Waals surface area contributed by atoms with Crippen molar-refractivity contribution >= 4 is 23.8 Å². The molecule has 0 aromatic carbocycles. The number of hydrogen-bond donors (Lipinski definition) is 1. The summed E-state index contributed by atoms with van der Waals surface area (Å²) in [5.41, 5.74) is 0. The van der Waals surface area contributed by atoms with Crippen molar-refractivity contribution in [2.45, 2.75) is 27.7 Å². The van der Waals surface area contributed by atoms with Crippen molar-refractivity contribution in [3.8, 4) is 0 Å². The van der Waals surface area contributed by atoms with Gasteiger partial charge in [-0.3, -0.25) is 14.4 Å². The number of carboxylic acid groups (broad SMARTS) is 1. The van der Waals surface area contributed by atoms with Gasteiger partial charge in [0.2, 0.25) is 11.8 Å². The molecule has 0 saturated heterocycles. The molecule has 0 fully saturated rings. The number of hydrogen-bond acceptors (Lipinski definition) is 5. The Balaban J connectivity index is 4.75. The molecule has 0 aliphatic carbocycles. The maximum absolute atomic E-state index is 11.9. The summed E-state index contributed by atoms with van der Waals surface area (Å²) >= 11 is 0. The number of amides is 2. The standard InChI is InChI=1S/C16H24N2O6/c1-5-8-13(19)18(7-3)11-16(23)24-12(4)9-14(20)17(6-2)10-15(21)22/h5,8-9H,6-7,10-11H2,1-4H3,(H,21,22)/b8-5-,12-9+. The van der Waals surface area contributed by atoms with Crippen LogP contribution in [0.1, 0.15) is 27.7 Å². The average molecular weight is 340 g/mol. The van der Waals surface area contributed by atoms with Crippen molar-refractivity contribution in [1.29, 1.82) is 0 Å². The van der Waals surface area contributed by atoms with Gasteiger partial charge in [0, 0.05) is 19.2 Å². The van der Waals surface area contributed by atoms with Gasteiger partial charge >= 0.3 is 11.9 Å². The number of likely N-dealkylation sites (N-methyl/N-ethyl adjacent to an activating group) is 2. The fourth-order valence-corrected chi connectivity index (χ4v) is 1.76. The Labute approximate surface area is 141 Å². The summed E-state index contributed by atoms with van der Waals surface area (Å²) in [7, 11) is 0. The van der Waals surface area contributed by atoms with Gasteiger partial charge in [0.15, 0.2) is 0 Å². The molecule has 8 nitrogen and oxygen atoms in total. The zero-order chi connectivity index (χ0) is 18.7. The van der Waals surface area contributed by atoms with Gasteiger partial charge in [-0.05, 0) is 33.8 Å². The van der Waals surface area contributed by atoms with Crippen molar-refractivity contribution in [1.82, 2.24) is 9.80 Å². The molecule has 0 aliphatic heterocycles. The Morgan fingerprint density at radius 2 is 1.54 bits per heavy atom. The monoisotopic (exact) mass is 340 g/mol. The number of aliphatic carboxylic acids is 1. The van der Waals surface area contributed by atoms with Gasteiger partial charge in [0.1, 0.15) is 18.8 Å². The van der Waals surface area contributed by atoms with E-state index in [2.05, 4.69) is 0 Å². The minimum atomic E-state index is -1.13. The van der Waals surface area contributed by atoms with E-state index in [4.69, 9.17) is 9.84 Å². The zero-order valence-electron chi connectivity index (χ0n) is 14.4. The molecule has 0 heterocycles. The first-order valence-electron chi connectivity index (χ1n) is 7.56. The molecule has 0 unspecified atom stereocenters. The third-order valence-electron chi connectivity index (χ3n) is 2.94. The van der Waals surface area contributed by atoms with Crippen molar-refractivity contribution in [3.05, 3.63) is 24.0 Å². The van der Waals surface area contributed by atoms with Gasteiger partial charge in [-0.2, -0.15) is 0 Å². The molecule has 0 bridgehead atoms. The SMILES string of the molecule is C/C=C\C(=O)N(CC)CC(=O)O/C(C)=C/C(=O)N(CC)CC(=O)O. The van der Waals surface area contributed by atoms with E-state index in [0.29, 0.717) is 6.54 Å². The van der Waals surface area contributed by atoms with E-state index in [0.717, 1.165) is 11.0 Å². The first kappa shape index (κ1) is 21.4. The third-order valence-corrected chi connectivity index (χ3v) is 2.94. The van der Waals surface area contributed by atoms with Crippen molar-refractivity contribution < 1.29 is 29.0 Å². The van der Waals surface area contributed by atoms with E-state index in [9.17, 15) is 19.2 Å². The highest BCUT2D eigenvalue weighted by Gasteiger charge is 2.17. The minimum Gasteiger partial charge on any atom is -0.480 e. The lowest BCUT2D eigenvalue weighted by Crippen LogP contribution is -2.35. The van der Waals surface area contributed by atoms with Crippen LogP contribution in [0.3, 0.4) is 0 Å². The van der Waals surface area contributed by atoms with Crippen LogP contribution in [0.4, 0.5) is 0 Å². The normalized spacial score (nSPS) is 11.2. The maximum Gasteiger partial charge on any atom is 0.330 e. The van der Waals surface area contributed by atoms with Crippen molar-refractivity contribution in [2.24, 2.45) is 0 Å². The summed E-state index contributed by atoms with van der Waals surface area (Å²) in [6, 6.07) is 0. The summed E-state index contributed by atoms with van der Waals surface area (Å²) in [6.45, 7) is 6.34. The second-order valence-electron chi connectivity index (χ2n) is 4.83. The van der Waals surface area contributed by atoms with Crippen LogP contribution < -0.4 is 0 Å². The largest absolute Gasteiger partial charge is 0.480 e. The van der Waals surface area contributed by atoms with E-state index < -0.39 is 24.4 Å². The highest BCUT2D eigenvalue weighted by molar-refractivity contribution is 5.91. The molecule has 0 saturated carbocycles. The van der Waals surface area contributed by atoms with Gasteiger partial charge in [-0.1, -0.05) is 6.08 Å². The first-order chi connectivity index (χ1) is 11.2. The zero-order valence-corrected chi connectivity index (χ0v) is 14.4. The van der Waals surface area contributed by atoms with Crippen LogP contribution in [-0.4, -0.2) is 64.8 Å². The molecule has 8 heteroatoms. The number of esters is 1. The van der Waals surface area contributed by atoms with Crippen molar-refractivity contribution in [2.75, 3.05) is 26.2 Å². The third kappa shape index (κ3) is 8.11. The van der Waals surface area contributed by atoms with E-state index in [1.807, 2.05) is 0 Å². The second-order valence-corrected chi connectivity index (χ2v) is 4.83. The molecule has 0 spiro atoms. The molecule has 0 atom stereocenters. The summed E-state index contributed by atoms with van der Waals surface area (Å²) in [6.07, 6.45) is 3.96. The highest BCUT2D eigenvalue weighted by atomic mass is 16.5. The number of carbonyl (C=O) groups is 4. The fourth-order valence-electron chi connectivity index (χ4n) is 1.76. The molecular weight excluding hydrogens is 316 g/mol. The molecular formula is C16H24N2O6. The van der Waals surface area contributed by atoms with Gasteiger partial charge < -0.3 is 19.6 Å². The number of carboxylic acids is 1. The van der Waals surface area contributed by atoms with Gasteiger partial charge in [-0.15, -0.1) is 0 Å². The van der Waals surface area contributed by atoms with Crippen LogP contribution in [-0.2, 0) is 23.9 Å². The summed E-state index contributed by atoms with van der Waals surface area (Å²) in [5, 5.41) is 8.72. The summed E-state index contributed by atoms with van der Waals surface area (Å²) in [4.78, 5) is 48.5. The maximum atomic E-state index is 11.9. The molecule has 0 rings (SSSR count). The predicted octanol–water partition coefficient (Wildman–Crippen LogP) is 0.791. The lowest BCUT2D eigenvalue weighted by atomic mass is 10.3. The van der Waals surface area contributed by atoms with E-state index in [1.165, 1.54) is 17.9 Å². The lowest BCUT2D eigenvalue weighted by Gasteiger charge is -2.19. The summed E-state index contributed by atoms with van der Waals surface area (Å²) in [5.74, 6) is -2.66. The fraction of sp³-hybridized carbons (Fsp3) is 0.500. The number of ether oxygens (including phenoxy) is 1. The van der Waals surface area contributed by atoms with Crippen LogP contribution in [0.5, 0.6) is 0 Å². The molecule has 0 radical (unpaired) electrons. The van der Waals surface area contributed by atoms with Crippen LogP contribution in [0.2, 0.25) is 0 Å². The second kappa shape index (κ2) is 11.0.